The van der Waals surface area contributed by atoms with Crippen LogP contribution in [0.25, 0.3) is 0 Å². The van der Waals surface area contributed by atoms with Crippen molar-refractivity contribution in [2.24, 2.45) is 5.73 Å². The summed E-state index contributed by atoms with van der Waals surface area (Å²) in [6.45, 7) is 4.78. The Bertz CT molecular complexity index is 341. The van der Waals surface area contributed by atoms with Crippen molar-refractivity contribution in [1.82, 2.24) is 10.3 Å². The molecule has 0 saturated carbocycles. The molecule has 1 aromatic heterocycles. The van der Waals surface area contributed by atoms with Crippen molar-refractivity contribution in [3.8, 4) is 0 Å². The molecule has 0 saturated heterocycles. The normalized spacial score (nSPS) is 10.1. The minimum absolute atomic E-state index is 0.436. The van der Waals surface area contributed by atoms with Crippen LogP contribution in [0, 0.1) is 0 Å². The molecule has 1 amide bonds. The molecule has 0 aliphatic carbocycles. The summed E-state index contributed by atoms with van der Waals surface area (Å²) in [5.41, 5.74) is 5.64. The zero-order valence-electron chi connectivity index (χ0n) is 9.49. The van der Waals surface area contributed by atoms with Crippen LogP contribution in [0.4, 0.5) is 5.82 Å². The van der Waals surface area contributed by atoms with Crippen LogP contribution in [0.3, 0.4) is 0 Å². The first kappa shape index (κ1) is 12.4. The number of amides is 1. The number of carbonyl (C=O) groups excluding carboxylic acids is 1. The van der Waals surface area contributed by atoms with Crippen LogP contribution in [-0.4, -0.2) is 30.5 Å². The van der Waals surface area contributed by atoms with Crippen LogP contribution in [0.1, 0.15) is 23.7 Å². The van der Waals surface area contributed by atoms with Gasteiger partial charge in [0.15, 0.2) is 0 Å². The lowest BCUT2D eigenvalue weighted by Crippen LogP contribution is -2.23. The summed E-state index contributed by atoms with van der Waals surface area (Å²) in [4.78, 5) is 15.0. The van der Waals surface area contributed by atoms with Crippen LogP contribution in [0.15, 0.2) is 18.3 Å². The molecule has 16 heavy (non-hydrogen) atoms. The molecule has 88 valence electrons. The van der Waals surface area contributed by atoms with Gasteiger partial charge < -0.3 is 16.4 Å². The summed E-state index contributed by atoms with van der Waals surface area (Å²) in [6, 6.07) is 3.25. The molecule has 0 aliphatic heterocycles. The van der Waals surface area contributed by atoms with Crippen LogP contribution >= 0.6 is 0 Å². The predicted molar refractivity (Wildman–Crippen MR) is 64.4 cm³/mol. The van der Waals surface area contributed by atoms with Gasteiger partial charge in [0.2, 0.25) is 5.91 Å². The first-order valence-electron chi connectivity index (χ1n) is 5.44. The second-order valence-electron chi connectivity index (χ2n) is 3.47. The Kier molecular flexibility index (Phi) is 5.28. The maximum Gasteiger partial charge on any atom is 0.248 e. The fourth-order valence-electron chi connectivity index (χ4n) is 1.26. The smallest absolute Gasteiger partial charge is 0.248 e. The molecule has 0 aromatic carbocycles. The van der Waals surface area contributed by atoms with E-state index in [9.17, 15) is 4.79 Å². The van der Waals surface area contributed by atoms with E-state index in [0.717, 1.165) is 26.1 Å². The molecule has 0 fully saturated rings. The number of hydrogen-bond donors (Lipinski definition) is 3. The Balaban J connectivity index is 2.36. The number of rotatable bonds is 7. The zero-order valence-corrected chi connectivity index (χ0v) is 9.49. The second kappa shape index (κ2) is 6.79. The lowest BCUT2D eigenvalue weighted by molar-refractivity contribution is 0.1000. The summed E-state index contributed by atoms with van der Waals surface area (Å²) in [5.74, 6) is 0.240. The van der Waals surface area contributed by atoms with Crippen molar-refractivity contribution in [3.63, 3.8) is 0 Å². The van der Waals surface area contributed by atoms with Gasteiger partial charge in [-0.2, -0.15) is 0 Å². The highest BCUT2D eigenvalue weighted by Crippen LogP contribution is 2.05. The van der Waals surface area contributed by atoms with E-state index in [1.165, 1.54) is 0 Å². The maximum absolute atomic E-state index is 10.9. The minimum Gasteiger partial charge on any atom is -0.369 e. The Morgan fingerprint density at radius 2 is 2.25 bits per heavy atom. The van der Waals surface area contributed by atoms with Crippen molar-refractivity contribution >= 4 is 11.7 Å². The van der Waals surface area contributed by atoms with Gasteiger partial charge in [-0.25, -0.2) is 4.98 Å². The van der Waals surface area contributed by atoms with Crippen molar-refractivity contribution in [2.45, 2.75) is 13.3 Å². The number of aromatic nitrogens is 1. The van der Waals surface area contributed by atoms with Crippen LogP contribution < -0.4 is 16.4 Å². The summed E-state index contributed by atoms with van der Waals surface area (Å²) in [5, 5.41) is 6.38. The van der Waals surface area contributed by atoms with E-state index in [1.807, 2.05) is 0 Å². The molecule has 4 N–H and O–H groups in total. The SMILES string of the molecule is CCCNCCNc1cc(C(N)=O)ccn1. The molecular weight excluding hydrogens is 204 g/mol. The Hall–Kier alpha value is -1.62. The average molecular weight is 222 g/mol. The van der Waals surface area contributed by atoms with Crippen LogP contribution in [0.5, 0.6) is 0 Å². The van der Waals surface area contributed by atoms with E-state index >= 15 is 0 Å². The van der Waals surface area contributed by atoms with Crippen molar-refractivity contribution < 1.29 is 4.79 Å². The van der Waals surface area contributed by atoms with Gasteiger partial charge in [-0.05, 0) is 25.1 Å². The number of nitrogens with one attached hydrogen (secondary N) is 2. The summed E-state index contributed by atoms with van der Waals surface area (Å²) < 4.78 is 0. The van der Waals surface area contributed by atoms with Crippen molar-refractivity contribution in [3.05, 3.63) is 23.9 Å². The van der Waals surface area contributed by atoms with Gasteiger partial charge in [0.1, 0.15) is 5.82 Å². The zero-order chi connectivity index (χ0) is 11.8. The largest absolute Gasteiger partial charge is 0.369 e. The van der Waals surface area contributed by atoms with Gasteiger partial charge in [0.05, 0.1) is 0 Å². The molecule has 0 bridgehead atoms. The lowest BCUT2D eigenvalue weighted by Gasteiger charge is -2.06. The topological polar surface area (TPSA) is 80.0 Å². The third-order valence-corrected chi connectivity index (χ3v) is 2.08. The molecule has 5 nitrogen and oxygen atoms in total. The second-order valence-corrected chi connectivity index (χ2v) is 3.47. The number of primary amides is 1. The molecule has 1 heterocycles. The lowest BCUT2D eigenvalue weighted by atomic mass is 10.2. The molecule has 1 rings (SSSR count). The summed E-state index contributed by atoms with van der Waals surface area (Å²) in [6.07, 6.45) is 2.69. The first-order chi connectivity index (χ1) is 7.74. The summed E-state index contributed by atoms with van der Waals surface area (Å²) >= 11 is 0. The van der Waals surface area contributed by atoms with Crippen LogP contribution in [0.2, 0.25) is 0 Å². The van der Waals surface area contributed by atoms with Gasteiger partial charge in [0.25, 0.3) is 0 Å². The van der Waals surface area contributed by atoms with E-state index in [0.29, 0.717) is 11.4 Å². The highest BCUT2D eigenvalue weighted by Gasteiger charge is 2.01. The molecule has 0 spiro atoms. The number of carbonyl (C=O) groups is 1. The average Bonchev–Trinajstić information content (AvgIpc) is 2.29. The Labute approximate surface area is 95.4 Å². The highest BCUT2D eigenvalue weighted by atomic mass is 16.1. The van der Waals surface area contributed by atoms with Gasteiger partial charge >= 0.3 is 0 Å². The number of hydrogen-bond acceptors (Lipinski definition) is 4. The monoisotopic (exact) mass is 222 g/mol. The van der Waals surface area contributed by atoms with E-state index in [4.69, 9.17) is 5.73 Å². The number of nitrogens with two attached hydrogens (primary N) is 1. The maximum atomic E-state index is 10.9. The fourth-order valence-corrected chi connectivity index (χ4v) is 1.26. The van der Waals surface area contributed by atoms with E-state index < -0.39 is 5.91 Å². The van der Waals surface area contributed by atoms with Crippen molar-refractivity contribution in [2.75, 3.05) is 25.0 Å². The van der Waals surface area contributed by atoms with Gasteiger partial charge in [-0.1, -0.05) is 6.92 Å². The molecule has 0 aliphatic rings. The fraction of sp³-hybridized carbons (Fsp3) is 0.455. The predicted octanol–water partition coefficient (Wildman–Crippen LogP) is 0.592. The van der Waals surface area contributed by atoms with Gasteiger partial charge in [0, 0.05) is 24.8 Å². The van der Waals surface area contributed by atoms with Gasteiger partial charge in [-0.3, -0.25) is 4.79 Å². The molecule has 0 unspecified atom stereocenters. The number of anilines is 1. The Morgan fingerprint density at radius 1 is 1.44 bits per heavy atom. The molecule has 0 radical (unpaired) electrons. The molecule has 1 aromatic rings. The molecule has 5 heteroatoms. The van der Waals surface area contributed by atoms with Crippen molar-refractivity contribution in [1.29, 1.82) is 0 Å². The van der Waals surface area contributed by atoms with E-state index in [-0.39, 0.29) is 0 Å². The third-order valence-electron chi connectivity index (χ3n) is 2.08. The van der Waals surface area contributed by atoms with Crippen LogP contribution in [-0.2, 0) is 0 Å². The third kappa shape index (κ3) is 4.27. The molecule has 0 atom stereocenters. The number of nitrogens with zero attached hydrogens (tertiary/aromatic N) is 1. The summed E-state index contributed by atoms with van der Waals surface area (Å²) in [7, 11) is 0. The standard InChI is InChI=1S/C11H18N4O/c1-2-4-13-6-7-15-10-8-9(11(12)16)3-5-14-10/h3,5,8,13H,2,4,6-7H2,1H3,(H2,12,16)(H,14,15). The number of pyridine rings is 1. The van der Waals surface area contributed by atoms with Gasteiger partial charge in [-0.15, -0.1) is 0 Å². The Morgan fingerprint density at radius 3 is 2.94 bits per heavy atom. The van der Waals surface area contributed by atoms with E-state index in [2.05, 4.69) is 22.5 Å². The highest BCUT2D eigenvalue weighted by molar-refractivity contribution is 5.93. The first-order valence-corrected chi connectivity index (χ1v) is 5.44. The molecular formula is C11H18N4O. The minimum atomic E-state index is -0.436. The van der Waals surface area contributed by atoms with E-state index in [1.54, 1.807) is 18.3 Å². The quantitative estimate of drug-likeness (QED) is 0.590.